The number of anilines is 1. The van der Waals surface area contributed by atoms with Gasteiger partial charge in [0.25, 0.3) is 0 Å². The van der Waals surface area contributed by atoms with Gasteiger partial charge in [0.1, 0.15) is 16.6 Å². The second-order valence-electron chi connectivity index (χ2n) is 5.86. The first-order valence-corrected chi connectivity index (χ1v) is 9.69. The van der Waals surface area contributed by atoms with Gasteiger partial charge in [0.05, 0.1) is 18.6 Å². The summed E-state index contributed by atoms with van der Waals surface area (Å²) in [6.07, 6.45) is 0. The van der Waals surface area contributed by atoms with Crippen LogP contribution in [0.1, 0.15) is 5.69 Å². The molecule has 8 heteroatoms. The molecule has 0 fully saturated rings. The molecule has 144 valence electrons. The molecule has 0 saturated carbocycles. The molecule has 1 amide bonds. The summed E-state index contributed by atoms with van der Waals surface area (Å²) in [7, 11) is 1.52. The third-order valence-electron chi connectivity index (χ3n) is 3.72. The number of nitrogens with zero attached hydrogens (tertiary/aromatic N) is 2. The Hall–Kier alpha value is -2.64. The highest BCUT2D eigenvalue weighted by Crippen LogP contribution is 2.28. The van der Waals surface area contributed by atoms with Crippen LogP contribution in [0, 0.1) is 12.7 Å². The minimum atomic E-state index is -0.320. The maximum atomic E-state index is 13.1. The van der Waals surface area contributed by atoms with Crippen LogP contribution in [-0.2, 0) is 4.79 Å². The van der Waals surface area contributed by atoms with Crippen molar-refractivity contribution >= 4 is 35.0 Å². The Bertz CT molecular complexity index is 999. The second kappa shape index (κ2) is 9.03. The number of carbonyl (C=O) groups is 1. The Kier molecular flexibility index (Phi) is 6.49. The Morgan fingerprint density at radius 1 is 1.18 bits per heavy atom. The lowest BCUT2D eigenvalue weighted by molar-refractivity contribution is -0.113. The minimum absolute atomic E-state index is 0.148. The van der Waals surface area contributed by atoms with Crippen LogP contribution in [0.3, 0.4) is 0 Å². The van der Waals surface area contributed by atoms with Gasteiger partial charge < -0.3 is 10.1 Å². The lowest BCUT2D eigenvalue weighted by Crippen LogP contribution is -2.15. The van der Waals surface area contributed by atoms with Crippen molar-refractivity contribution in [1.29, 1.82) is 0 Å². The number of ether oxygens (including phenoxy) is 1. The molecule has 0 spiro atoms. The molecule has 0 aliphatic rings. The van der Waals surface area contributed by atoms with Crippen molar-refractivity contribution in [2.45, 2.75) is 11.9 Å². The predicted molar refractivity (Wildman–Crippen MR) is 110 cm³/mol. The third kappa shape index (κ3) is 5.21. The maximum absolute atomic E-state index is 13.1. The summed E-state index contributed by atoms with van der Waals surface area (Å²) >= 11 is 7.26. The van der Waals surface area contributed by atoms with Crippen molar-refractivity contribution in [1.82, 2.24) is 9.97 Å². The van der Waals surface area contributed by atoms with E-state index in [9.17, 15) is 9.18 Å². The molecule has 0 saturated heterocycles. The fourth-order valence-corrected chi connectivity index (χ4v) is 3.37. The van der Waals surface area contributed by atoms with E-state index in [0.29, 0.717) is 32.9 Å². The Balaban J connectivity index is 1.70. The fraction of sp³-hybridized carbons (Fsp3) is 0.150. The van der Waals surface area contributed by atoms with Gasteiger partial charge in [-0.15, -0.1) is 0 Å². The van der Waals surface area contributed by atoms with Crippen molar-refractivity contribution in [3.63, 3.8) is 0 Å². The average molecular weight is 418 g/mol. The van der Waals surface area contributed by atoms with Gasteiger partial charge in [0, 0.05) is 16.3 Å². The molecule has 2 aromatic carbocycles. The van der Waals surface area contributed by atoms with Crippen LogP contribution < -0.4 is 10.1 Å². The van der Waals surface area contributed by atoms with Gasteiger partial charge in [-0.2, -0.15) is 0 Å². The van der Waals surface area contributed by atoms with Crippen molar-refractivity contribution in [3.05, 3.63) is 65.1 Å². The number of thioether (sulfide) groups is 1. The molecule has 0 radical (unpaired) electrons. The molecule has 3 rings (SSSR count). The van der Waals surface area contributed by atoms with Crippen LogP contribution in [0.25, 0.3) is 11.4 Å². The van der Waals surface area contributed by atoms with Gasteiger partial charge in [-0.1, -0.05) is 23.4 Å². The number of benzene rings is 2. The first kappa shape index (κ1) is 20.1. The van der Waals surface area contributed by atoms with E-state index < -0.39 is 0 Å². The van der Waals surface area contributed by atoms with Gasteiger partial charge in [-0.25, -0.2) is 14.4 Å². The number of amides is 1. The van der Waals surface area contributed by atoms with E-state index in [1.165, 1.54) is 31.0 Å². The second-order valence-corrected chi connectivity index (χ2v) is 7.29. The molecule has 3 aromatic rings. The molecular formula is C20H17ClFN3O2S. The molecule has 1 aromatic heterocycles. The molecule has 0 atom stereocenters. The number of aryl methyl sites for hydroxylation is 1. The minimum Gasteiger partial charge on any atom is -0.495 e. The third-order valence-corrected chi connectivity index (χ3v) is 4.87. The number of nitrogens with one attached hydrogen (secondary N) is 1. The summed E-state index contributed by atoms with van der Waals surface area (Å²) in [6.45, 7) is 1.84. The first-order valence-electron chi connectivity index (χ1n) is 8.32. The average Bonchev–Trinajstić information content (AvgIpc) is 2.67. The Labute approximate surface area is 171 Å². The van der Waals surface area contributed by atoms with E-state index in [-0.39, 0.29) is 17.5 Å². The van der Waals surface area contributed by atoms with Crippen LogP contribution in [0.5, 0.6) is 5.75 Å². The van der Waals surface area contributed by atoms with Crippen LogP contribution >= 0.6 is 23.4 Å². The smallest absolute Gasteiger partial charge is 0.234 e. The van der Waals surface area contributed by atoms with E-state index >= 15 is 0 Å². The summed E-state index contributed by atoms with van der Waals surface area (Å²) in [5.74, 6) is 0.623. The van der Waals surface area contributed by atoms with Crippen LogP contribution in [0.4, 0.5) is 10.1 Å². The first-order chi connectivity index (χ1) is 13.4. The van der Waals surface area contributed by atoms with Gasteiger partial charge in [0.2, 0.25) is 5.91 Å². The molecule has 0 bridgehead atoms. The largest absolute Gasteiger partial charge is 0.495 e. The van der Waals surface area contributed by atoms with Crippen molar-refractivity contribution in [2.24, 2.45) is 0 Å². The zero-order valence-corrected chi connectivity index (χ0v) is 16.8. The zero-order chi connectivity index (χ0) is 20.1. The molecular weight excluding hydrogens is 401 g/mol. The van der Waals surface area contributed by atoms with Gasteiger partial charge in [-0.3, -0.25) is 4.79 Å². The number of aromatic nitrogens is 2. The summed E-state index contributed by atoms with van der Waals surface area (Å²) in [5.41, 5.74) is 1.97. The summed E-state index contributed by atoms with van der Waals surface area (Å²) in [5, 5.41) is 3.94. The highest BCUT2D eigenvalue weighted by Gasteiger charge is 2.11. The van der Waals surface area contributed by atoms with E-state index in [2.05, 4.69) is 15.3 Å². The standard InChI is InChI=1S/C20H17ClFN3O2S/c1-12-9-19(25-20(23-12)13-3-6-15(22)7-4-13)28-11-18(26)24-16-10-14(21)5-8-17(16)27-2/h3-10H,11H2,1-2H3,(H,24,26). The normalized spacial score (nSPS) is 10.6. The van der Waals surface area contributed by atoms with Crippen LogP contribution in [0.2, 0.25) is 5.02 Å². The number of hydrogen-bond acceptors (Lipinski definition) is 5. The highest BCUT2D eigenvalue weighted by atomic mass is 35.5. The SMILES string of the molecule is COc1ccc(Cl)cc1NC(=O)CSc1cc(C)nc(-c2ccc(F)cc2)n1. The Morgan fingerprint density at radius 3 is 2.64 bits per heavy atom. The van der Waals surface area contributed by atoms with Crippen LogP contribution in [0.15, 0.2) is 53.6 Å². The number of halogens is 2. The monoisotopic (exact) mass is 417 g/mol. The molecule has 1 heterocycles. The molecule has 5 nitrogen and oxygen atoms in total. The van der Waals surface area contributed by atoms with E-state index in [4.69, 9.17) is 16.3 Å². The number of methoxy groups -OCH3 is 1. The quantitative estimate of drug-likeness (QED) is 0.452. The molecule has 1 N–H and O–H groups in total. The maximum Gasteiger partial charge on any atom is 0.234 e. The van der Waals surface area contributed by atoms with Crippen molar-refractivity contribution in [2.75, 3.05) is 18.2 Å². The van der Waals surface area contributed by atoms with Gasteiger partial charge in [0.15, 0.2) is 5.82 Å². The van der Waals surface area contributed by atoms with E-state index in [1.807, 2.05) is 6.92 Å². The zero-order valence-electron chi connectivity index (χ0n) is 15.2. The molecule has 0 aliphatic carbocycles. The topological polar surface area (TPSA) is 64.1 Å². The predicted octanol–water partition coefficient (Wildman–Crippen LogP) is 4.98. The number of hydrogen-bond donors (Lipinski definition) is 1. The number of carbonyl (C=O) groups excluding carboxylic acids is 1. The Morgan fingerprint density at radius 2 is 1.93 bits per heavy atom. The van der Waals surface area contributed by atoms with Crippen molar-refractivity contribution in [3.8, 4) is 17.1 Å². The summed E-state index contributed by atoms with van der Waals surface area (Å²) in [4.78, 5) is 21.2. The summed E-state index contributed by atoms with van der Waals surface area (Å²) < 4.78 is 18.3. The lowest BCUT2D eigenvalue weighted by Gasteiger charge is -2.10. The van der Waals surface area contributed by atoms with E-state index in [1.54, 1.807) is 36.4 Å². The van der Waals surface area contributed by atoms with Gasteiger partial charge >= 0.3 is 0 Å². The van der Waals surface area contributed by atoms with Gasteiger partial charge in [-0.05, 0) is 55.5 Å². The lowest BCUT2D eigenvalue weighted by atomic mass is 10.2. The summed E-state index contributed by atoms with van der Waals surface area (Å²) in [6, 6.07) is 12.8. The van der Waals surface area contributed by atoms with Crippen LogP contribution in [-0.4, -0.2) is 28.7 Å². The van der Waals surface area contributed by atoms with Crippen molar-refractivity contribution < 1.29 is 13.9 Å². The van der Waals surface area contributed by atoms with E-state index in [0.717, 1.165) is 5.69 Å². The number of rotatable bonds is 6. The molecule has 0 aliphatic heterocycles. The molecule has 28 heavy (non-hydrogen) atoms. The highest BCUT2D eigenvalue weighted by molar-refractivity contribution is 7.99. The fourth-order valence-electron chi connectivity index (χ4n) is 2.45. The molecule has 0 unspecified atom stereocenters.